The monoisotopic (exact) mass is 282 g/mol. The van der Waals surface area contributed by atoms with Crippen LogP contribution in [0.2, 0.25) is 0 Å². The number of ether oxygens (including phenoxy) is 1. The number of unbranched alkanes of at least 4 members (excludes halogenated alkanes) is 7. The van der Waals surface area contributed by atoms with Crippen LogP contribution in [-0.4, -0.2) is 5.97 Å². The third-order valence-electron chi connectivity index (χ3n) is 3.63. The van der Waals surface area contributed by atoms with E-state index in [1.807, 2.05) is 0 Å². The minimum absolute atomic E-state index is 0.0799. The van der Waals surface area contributed by atoms with Gasteiger partial charge in [0.2, 0.25) is 0 Å². The minimum Gasteiger partial charge on any atom is -0.435 e. The van der Waals surface area contributed by atoms with Crippen molar-refractivity contribution < 1.29 is 9.53 Å². The fourth-order valence-corrected chi connectivity index (χ4v) is 2.21. The first-order valence-corrected chi connectivity index (χ1v) is 8.24. The van der Waals surface area contributed by atoms with Crippen molar-refractivity contribution in [1.29, 1.82) is 0 Å². The van der Waals surface area contributed by atoms with Crippen molar-refractivity contribution in [2.24, 2.45) is 5.41 Å². The predicted molar refractivity (Wildman–Crippen MR) is 86.5 cm³/mol. The van der Waals surface area contributed by atoms with Crippen molar-refractivity contribution in [2.45, 2.75) is 92.4 Å². The minimum atomic E-state index is -0.234. The zero-order chi connectivity index (χ0) is 15.4. The number of esters is 1. The molecule has 2 nitrogen and oxygen atoms in total. The fourth-order valence-electron chi connectivity index (χ4n) is 2.21. The lowest BCUT2D eigenvalue weighted by Gasteiger charge is -2.22. The number of carbonyl (C=O) groups excluding carboxylic acids is 1. The Kier molecular flexibility index (Phi) is 10.5. The maximum absolute atomic E-state index is 10.9. The molecule has 0 radical (unpaired) electrons. The molecule has 0 spiro atoms. The molecule has 20 heavy (non-hydrogen) atoms. The molecule has 0 aliphatic carbocycles. The van der Waals surface area contributed by atoms with Gasteiger partial charge >= 0.3 is 5.97 Å². The zero-order valence-electron chi connectivity index (χ0n) is 14.3. The second kappa shape index (κ2) is 10.9. The molecular weight excluding hydrogens is 248 g/mol. The molecule has 0 rings (SSSR count). The van der Waals surface area contributed by atoms with E-state index in [0.717, 1.165) is 6.42 Å². The van der Waals surface area contributed by atoms with E-state index in [-0.39, 0.29) is 11.4 Å². The summed E-state index contributed by atoms with van der Waals surface area (Å²) in [6.07, 6.45) is 13.3. The lowest BCUT2D eigenvalue weighted by molar-refractivity contribution is -0.135. The molecule has 2 heteroatoms. The average Bonchev–Trinajstić information content (AvgIpc) is 2.34. The van der Waals surface area contributed by atoms with E-state index in [2.05, 4.69) is 27.7 Å². The van der Waals surface area contributed by atoms with Gasteiger partial charge in [-0.2, -0.15) is 0 Å². The van der Waals surface area contributed by atoms with Crippen LogP contribution in [-0.2, 0) is 9.53 Å². The van der Waals surface area contributed by atoms with Crippen molar-refractivity contribution in [1.82, 2.24) is 0 Å². The standard InChI is InChI=1S/C18H34O2/c1-6-7-8-9-10-11-12-13-14-17(18(3,4)5)15-20-16(2)19/h15H,6-14H2,1-5H3/b17-15-. The Balaban J connectivity index is 3.87. The van der Waals surface area contributed by atoms with Gasteiger partial charge in [0.1, 0.15) is 0 Å². The normalized spacial score (nSPS) is 12.6. The summed E-state index contributed by atoms with van der Waals surface area (Å²) >= 11 is 0. The Labute approximate surface area is 126 Å². The van der Waals surface area contributed by atoms with Crippen molar-refractivity contribution in [2.75, 3.05) is 0 Å². The Hall–Kier alpha value is -0.790. The third kappa shape index (κ3) is 11.1. The number of rotatable bonds is 10. The molecule has 118 valence electrons. The average molecular weight is 282 g/mol. The van der Waals surface area contributed by atoms with Gasteiger partial charge in [-0.3, -0.25) is 4.79 Å². The van der Waals surface area contributed by atoms with Crippen LogP contribution in [0.25, 0.3) is 0 Å². The van der Waals surface area contributed by atoms with E-state index in [4.69, 9.17) is 4.74 Å². The van der Waals surface area contributed by atoms with Crippen LogP contribution in [0.4, 0.5) is 0 Å². The maximum Gasteiger partial charge on any atom is 0.307 e. The Morgan fingerprint density at radius 3 is 1.90 bits per heavy atom. The molecule has 0 saturated heterocycles. The van der Waals surface area contributed by atoms with Crippen LogP contribution in [0.5, 0.6) is 0 Å². The molecule has 0 amide bonds. The van der Waals surface area contributed by atoms with Crippen molar-refractivity contribution in [3.05, 3.63) is 11.8 Å². The van der Waals surface area contributed by atoms with E-state index in [0.29, 0.717) is 0 Å². The number of hydrogen-bond donors (Lipinski definition) is 0. The van der Waals surface area contributed by atoms with Gasteiger partial charge < -0.3 is 4.74 Å². The van der Waals surface area contributed by atoms with E-state index in [1.54, 1.807) is 6.26 Å². The van der Waals surface area contributed by atoms with Crippen LogP contribution in [0.15, 0.2) is 11.8 Å². The summed E-state index contributed by atoms with van der Waals surface area (Å²) in [5.74, 6) is -0.234. The molecule has 0 N–H and O–H groups in total. The summed E-state index contributed by atoms with van der Waals surface area (Å²) in [5.41, 5.74) is 1.31. The quantitative estimate of drug-likeness (QED) is 0.278. The highest BCUT2D eigenvalue weighted by Crippen LogP contribution is 2.29. The Bertz CT molecular complexity index is 284. The van der Waals surface area contributed by atoms with Crippen LogP contribution in [0.3, 0.4) is 0 Å². The van der Waals surface area contributed by atoms with Gasteiger partial charge in [0.05, 0.1) is 6.26 Å². The van der Waals surface area contributed by atoms with E-state index in [1.165, 1.54) is 63.9 Å². The fraction of sp³-hybridized carbons (Fsp3) is 0.833. The Morgan fingerprint density at radius 2 is 1.45 bits per heavy atom. The Morgan fingerprint density at radius 1 is 0.950 bits per heavy atom. The highest BCUT2D eigenvalue weighted by atomic mass is 16.5. The highest BCUT2D eigenvalue weighted by molar-refractivity contribution is 5.66. The largest absolute Gasteiger partial charge is 0.435 e. The zero-order valence-corrected chi connectivity index (χ0v) is 14.3. The molecule has 0 unspecified atom stereocenters. The van der Waals surface area contributed by atoms with Gasteiger partial charge in [0.25, 0.3) is 0 Å². The van der Waals surface area contributed by atoms with E-state index >= 15 is 0 Å². The third-order valence-corrected chi connectivity index (χ3v) is 3.63. The second-order valence-corrected chi connectivity index (χ2v) is 6.73. The molecule has 0 bridgehead atoms. The molecule has 0 aliphatic heterocycles. The summed E-state index contributed by atoms with van der Waals surface area (Å²) < 4.78 is 5.05. The number of hydrogen-bond acceptors (Lipinski definition) is 2. The lowest BCUT2D eigenvalue weighted by atomic mass is 9.84. The van der Waals surface area contributed by atoms with Crippen LogP contribution in [0, 0.1) is 5.41 Å². The second-order valence-electron chi connectivity index (χ2n) is 6.73. The first kappa shape index (κ1) is 19.2. The summed E-state index contributed by atoms with van der Waals surface area (Å²) in [5, 5.41) is 0. The van der Waals surface area contributed by atoms with Gasteiger partial charge in [-0.1, -0.05) is 72.6 Å². The molecule has 0 saturated carbocycles. The van der Waals surface area contributed by atoms with Crippen molar-refractivity contribution >= 4 is 5.97 Å². The van der Waals surface area contributed by atoms with Gasteiger partial charge in [-0.15, -0.1) is 0 Å². The van der Waals surface area contributed by atoms with Crippen molar-refractivity contribution in [3.8, 4) is 0 Å². The maximum atomic E-state index is 10.9. The molecular formula is C18H34O2. The van der Waals surface area contributed by atoms with Gasteiger partial charge in [0.15, 0.2) is 0 Å². The van der Waals surface area contributed by atoms with Crippen LogP contribution < -0.4 is 0 Å². The number of carbonyl (C=O) groups is 1. The number of allylic oxidation sites excluding steroid dienone is 1. The molecule has 0 aromatic carbocycles. The van der Waals surface area contributed by atoms with Gasteiger partial charge in [0, 0.05) is 6.92 Å². The predicted octanol–water partition coefficient (Wildman–Crippen LogP) is 6.01. The lowest BCUT2D eigenvalue weighted by Crippen LogP contribution is -2.10. The molecule has 0 aromatic heterocycles. The van der Waals surface area contributed by atoms with Crippen LogP contribution >= 0.6 is 0 Å². The smallest absolute Gasteiger partial charge is 0.307 e. The topological polar surface area (TPSA) is 26.3 Å². The first-order chi connectivity index (χ1) is 9.38. The molecule has 0 aliphatic rings. The van der Waals surface area contributed by atoms with Gasteiger partial charge in [-0.25, -0.2) is 0 Å². The molecule has 0 atom stereocenters. The molecule has 0 fully saturated rings. The molecule has 0 heterocycles. The highest BCUT2D eigenvalue weighted by Gasteiger charge is 2.17. The van der Waals surface area contributed by atoms with E-state index in [9.17, 15) is 4.79 Å². The first-order valence-electron chi connectivity index (χ1n) is 8.24. The van der Waals surface area contributed by atoms with Crippen LogP contribution in [0.1, 0.15) is 92.4 Å². The van der Waals surface area contributed by atoms with Crippen molar-refractivity contribution in [3.63, 3.8) is 0 Å². The summed E-state index contributed by atoms with van der Waals surface area (Å²) in [7, 11) is 0. The summed E-state index contributed by atoms with van der Waals surface area (Å²) in [4.78, 5) is 10.9. The summed E-state index contributed by atoms with van der Waals surface area (Å²) in [6, 6.07) is 0. The van der Waals surface area contributed by atoms with Gasteiger partial charge in [-0.05, 0) is 23.8 Å². The SMILES string of the molecule is CCCCCCCCCC/C(=C/OC(C)=O)C(C)(C)C. The summed E-state index contributed by atoms with van der Waals surface area (Å²) in [6.45, 7) is 10.2. The van der Waals surface area contributed by atoms with E-state index < -0.39 is 0 Å². The molecule has 0 aromatic rings.